The van der Waals surface area contributed by atoms with Gasteiger partial charge in [-0.1, -0.05) is 31.0 Å². The molecule has 0 fully saturated rings. The summed E-state index contributed by atoms with van der Waals surface area (Å²) in [6.07, 6.45) is 1.63. The van der Waals surface area contributed by atoms with Crippen molar-refractivity contribution in [2.75, 3.05) is 0 Å². The van der Waals surface area contributed by atoms with Crippen LogP contribution in [-0.2, 0) is 19.5 Å². The van der Waals surface area contributed by atoms with E-state index < -0.39 is 5.63 Å². The summed E-state index contributed by atoms with van der Waals surface area (Å²) >= 11 is 6.04. The molecule has 0 unspecified atom stereocenters. The third kappa shape index (κ3) is 4.49. The molecule has 2 N–H and O–H groups in total. The highest BCUT2D eigenvalue weighted by Gasteiger charge is 2.15. The zero-order valence-corrected chi connectivity index (χ0v) is 17.2. The highest BCUT2D eigenvalue weighted by molar-refractivity contribution is 6.31. The van der Waals surface area contributed by atoms with Crippen LogP contribution in [0.2, 0.25) is 5.02 Å². The van der Waals surface area contributed by atoms with E-state index in [4.69, 9.17) is 16.0 Å². The Labute approximate surface area is 173 Å². The maximum Gasteiger partial charge on any atom is 0.336 e. The zero-order chi connectivity index (χ0) is 19.6. The van der Waals surface area contributed by atoms with Crippen LogP contribution in [0.15, 0.2) is 39.5 Å². The summed E-state index contributed by atoms with van der Waals surface area (Å²) in [6.45, 7) is 4.30. The van der Waals surface area contributed by atoms with Crippen molar-refractivity contribution in [3.05, 3.63) is 73.8 Å². The minimum atomic E-state index is -0.423. The monoisotopic (exact) mass is 425 g/mol. The molecule has 28 heavy (non-hydrogen) atoms. The van der Waals surface area contributed by atoms with Crippen LogP contribution in [0.3, 0.4) is 0 Å². The molecular formula is C21H22Cl2FNO3. The molecule has 150 valence electrons. The number of hydrogen-bond donors (Lipinski definition) is 2. The average Bonchev–Trinajstić information content (AvgIpc) is 2.62. The predicted molar refractivity (Wildman–Crippen MR) is 112 cm³/mol. The van der Waals surface area contributed by atoms with Gasteiger partial charge in [0.15, 0.2) is 0 Å². The Morgan fingerprint density at radius 3 is 2.64 bits per heavy atom. The summed E-state index contributed by atoms with van der Waals surface area (Å²) in [5.74, 6) is -0.313. The first-order valence-corrected chi connectivity index (χ1v) is 9.22. The molecule has 0 aliphatic heterocycles. The Morgan fingerprint density at radius 2 is 1.96 bits per heavy atom. The van der Waals surface area contributed by atoms with Crippen LogP contribution >= 0.6 is 24.0 Å². The van der Waals surface area contributed by atoms with E-state index in [0.717, 1.165) is 23.8 Å². The number of rotatable bonds is 6. The van der Waals surface area contributed by atoms with E-state index in [1.54, 1.807) is 19.1 Å². The molecule has 0 amide bonds. The largest absolute Gasteiger partial charge is 0.507 e. The van der Waals surface area contributed by atoms with Gasteiger partial charge in [0.1, 0.15) is 17.1 Å². The number of nitrogens with one attached hydrogen (secondary N) is 1. The number of benzene rings is 2. The van der Waals surface area contributed by atoms with E-state index >= 15 is 0 Å². The number of phenols is 1. The minimum Gasteiger partial charge on any atom is -0.507 e. The number of aromatic hydroxyl groups is 1. The fourth-order valence-electron chi connectivity index (χ4n) is 3.21. The lowest BCUT2D eigenvalue weighted by atomic mass is 9.99. The topological polar surface area (TPSA) is 62.5 Å². The highest BCUT2D eigenvalue weighted by Crippen LogP contribution is 2.32. The molecule has 0 saturated carbocycles. The van der Waals surface area contributed by atoms with E-state index in [1.165, 1.54) is 12.1 Å². The summed E-state index contributed by atoms with van der Waals surface area (Å²) in [7, 11) is 0. The van der Waals surface area contributed by atoms with E-state index in [-0.39, 0.29) is 30.5 Å². The summed E-state index contributed by atoms with van der Waals surface area (Å²) in [6, 6.07) is 7.88. The number of phenolic OH excluding ortho intramolecular Hbond substituents is 1. The first-order chi connectivity index (χ1) is 12.9. The smallest absolute Gasteiger partial charge is 0.336 e. The fraction of sp³-hybridized carbons (Fsp3) is 0.286. The van der Waals surface area contributed by atoms with Gasteiger partial charge in [0, 0.05) is 46.3 Å². The van der Waals surface area contributed by atoms with E-state index in [9.17, 15) is 14.3 Å². The second kappa shape index (κ2) is 9.41. The number of hydrogen-bond acceptors (Lipinski definition) is 4. The van der Waals surface area contributed by atoms with Crippen molar-refractivity contribution in [1.29, 1.82) is 0 Å². The van der Waals surface area contributed by atoms with Crippen molar-refractivity contribution in [3.63, 3.8) is 0 Å². The molecule has 3 aromatic rings. The van der Waals surface area contributed by atoms with Gasteiger partial charge >= 0.3 is 5.63 Å². The molecule has 0 spiro atoms. The number of halogens is 3. The normalized spacial score (nSPS) is 10.9. The van der Waals surface area contributed by atoms with E-state index in [0.29, 0.717) is 33.8 Å². The fourth-order valence-corrected chi connectivity index (χ4v) is 3.44. The molecule has 0 radical (unpaired) electrons. The molecule has 0 aliphatic rings. The first kappa shape index (κ1) is 22.2. The Hall–Kier alpha value is -2.08. The van der Waals surface area contributed by atoms with Gasteiger partial charge in [0.05, 0.1) is 0 Å². The highest BCUT2D eigenvalue weighted by atomic mass is 35.5. The molecular weight excluding hydrogens is 404 g/mol. The summed E-state index contributed by atoms with van der Waals surface area (Å²) < 4.78 is 19.2. The van der Waals surface area contributed by atoms with Crippen molar-refractivity contribution in [2.24, 2.45) is 0 Å². The van der Waals surface area contributed by atoms with Crippen molar-refractivity contribution in [2.45, 2.75) is 39.8 Å². The molecule has 1 aromatic heterocycles. The Kier molecular flexibility index (Phi) is 7.47. The van der Waals surface area contributed by atoms with Crippen molar-refractivity contribution >= 4 is 35.0 Å². The summed E-state index contributed by atoms with van der Waals surface area (Å²) in [5, 5.41) is 14.8. The first-order valence-electron chi connectivity index (χ1n) is 8.84. The second-order valence-electron chi connectivity index (χ2n) is 6.53. The van der Waals surface area contributed by atoms with Crippen molar-refractivity contribution in [3.8, 4) is 5.75 Å². The predicted octanol–water partition coefficient (Wildman–Crippen LogP) is 5.26. The molecule has 0 bridgehead atoms. The summed E-state index contributed by atoms with van der Waals surface area (Å²) in [4.78, 5) is 11.8. The van der Waals surface area contributed by atoms with Crippen LogP contribution in [0, 0.1) is 12.7 Å². The van der Waals surface area contributed by atoms with Crippen molar-refractivity contribution in [1.82, 2.24) is 5.32 Å². The molecule has 0 saturated heterocycles. The number of fused-ring (bicyclic) bond motifs is 1. The Morgan fingerprint density at radius 1 is 1.21 bits per heavy atom. The van der Waals surface area contributed by atoms with Gasteiger partial charge in [-0.2, -0.15) is 0 Å². The maximum absolute atomic E-state index is 13.9. The Balaban J connectivity index is 0.00000280. The van der Waals surface area contributed by atoms with Crippen LogP contribution in [0.5, 0.6) is 5.75 Å². The standard InChI is InChI=1S/C21H21ClFNO3.ClH/c1-3-5-13-9-19(25)27-21-12(2)20(26)14(8-15(13)21)10-24-11-16-17(22)6-4-7-18(16)23;/h4,6-9,24,26H,3,5,10-11H2,1-2H3;1H. The van der Waals surface area contributed by atoms with Gasteiger partial charge in [0.2, 0.25) is 0 Å². The Bertz CT molecular complexity index is 1030. The van der Waals surface area contributed by atoms with Crippen molar-refractivity contribution < 1.29 is 13.9 Å². The van der Waals surface area contributed by atoms with Crippen LogP contribution in [0.4, 0.5) is 4.39 Å². The molecule has 4 nitrogen and oxygen atoms in total. The summed E-state index contributed by atoms with van der Waals surface area (Å²) in [5.41, 5.74) is 2.43. The van der Waals surface area contributed by atoms with Gasteiger partial charge in [-0.15, -0.1) is 12.4 Å². The zero-order valence-electron chi connectivity index (χ0n) is 15.6. The minimum absolute atomic E-state index is 0. The lowest BCUT2D eigenvalue weighted by Gasteiger charge is -2.13. The molecule has 7 heteroatoms. The van der Waals surface area contributed by atoms with Gasteiger partial charge in [-0.3, -0.25) is 0 Å². The average molecular weight is 426 g/mol. The van der Waals surface area contributed by atoms with E-state index in [1.807, 2.05) is 13.0 Å². The number of aryl methyl sites for hydroxylation is 2. The van der Waals surface area contributed by atoms with Crippen LogP contribution in [0.25, 0.3) is 11.0 Å². The lowest BCUT2D eigenvalue weighted by Crippen LogP contribution is -2.15. The molecule has 0 aliphatic carbocycles. The third-order valence-electron chi connectivity index (χ3n) is 4.60. The molecule has 0 atom stereocenters. The van der Waals surface area contributed by atoms with E-state index in [2.05, 4.69) is 5.32 Å². The maximum atomic E-state index is 13.9. The van der Waals surface area contributed by atoms with Crippen LogP contribution < -0.4 is 10.9 Å². The quantitative estimate of drug-likeness (QED) is 0.528. The SMILES string of the molecule is CCCc1cc(=O)oc2c(C)c(O)c(CNCc3c(F)cccc3Cl)cc12.Cl. The van der Waals surface area contributed by atoms with Gasteiger partial charge in [0.25, 0.3) is 0 Å². The molecule has 2 aromatic carbocycles. The van der Waals surface area contributed by atoms with Gasteiger partial charge in [-0.05, 0) is 37.1 Å². The van der Waals surface area contributed by atoms with Crippen LogP contribution in [0.1, 0.15) is 35.6 Å². The second-order valence-corrected chi connectivity index (χ2v) is 6.94. The van der Waals surface area contributed by atoms with Gasteiger partial charge in [-0.25, -0.2) is 9.18 Å². The third-order valence-corrected chi connectivity index (χ3v) is 4.96. The molecule has 3 rings (SSSR count). The molecule has 1 heterocycles. The van der Waals surface area contributed by atoms with Gasteiger partial charge < -0.3 is 14.8 Å². The van der Waals surface area contributed by atoms with Crippen LogP contribution in [-0.4, -0.2) is 5.11 Å². The lowest BCUT2D eigenvalue weighted by molar-refractivity contribution is 0.457.